The summed E-state index contributed by atoms with van der Waals surface area (Å²) in [6, 6.07) is 0.427. The molecule has 0 radical (unpaired) electrons. The van der Waals surface area contributed by atoms with E-state index in [1.807, 2.05) is 0 Å². The van der Waals surface area contributed by atoms with Crippen LogP contribution in [0.4, 0.5) is 4.79 Å². The van der Waals surface area contributed by atoms with Crippen LogP contribution in [0, 0.1) is 11.8 Å². The van der Waals surface area contributed by atoms with Crippen LogP contribution in [0.2, 0.25) is 0 Å². The van der Waals surface area contributed by atoms with E-state index in [9.17, 15) is 14.4 Å². The first-order valence-electron chi connectivity index (χ1n) is 10.1. The van der Waals surface area contributed by atoms with Crippen LogP contribution in [0.15, 0.2) is 0 Å². The molecule has 0 unspecified atom stereocenters. The standard InChI is InChI=1S/C19H32N4O4/c1-21(2)19(27)22-7-5-14(6-8-22)18(26)20-15-9-16(10-15)23(12-17(24)25)11-13-3-4-13/h13-16H,3-12H2,1-2H3,(H,20,26)(H,24,25). The van der Waals surface area contributed by atoms with E-state index < -0.39 is 5.97 Å². The predicted molar refractivity (Wildman–Crippen MR) is 100 cm³/mol. The van der Waals surface area contributed by atoms with E-state index in [4.69, 9.17) is 5.11 Å². The zero-order chi connectivity index (χ0) is 19.6. The molecule has 0 atom stereocenters. The number of nitrogens with zero attached hydrogens (tertiary/aromatic N) is 3. The lowest BCUT2D eigenvalue weighted by Crippen LogP contribution is -2.56. The minimum atomic E-state index is -0.776. The molecule has 8 nitrogen and oxygen atoms in total. The summed E-state index contributed by atoms with van der Waals surface area (Å²) in [5, 5.41) is 12.3. The molecule has 0 aromatic carbocycles. The van der Waals surface area contributed by atoms with Crippen molar-refractivity contribution in [1.29, 1.82) is 0 Å². The summed E-state index contributed by atoms with van der Waals surface area (Å²) < 4.78 is 0. The molecule has 1 aliphatic heterocycles. The van der Waals surface area contributed by atoms with Crippen LogP contribution < -0.4 is 5.32 Å². The van der Waals surface area contributed by atoms with Gasteiger partial charge in [-0.1, -0.05) is 0 Å². The van der Waals surface area contributed by atoms with Crippen LogP contribution >= 0.6 is 0 Å². The van der Waals surface area contributed by atoms with Gasteiger partial charge in [0.1, 0.15) is 0 Å². The molecule has 27 heavy (non-hydrogen) atoms. The van der Waals surface area contributed by atoms with Crippen molar-refractivity contribution >= 4 is 17.9 Å². The highest BCUT2D eigenvalue weighted by Gasteiger charge is 2.38. The van der Waals surface area contributed by atoms with Gasteiger partial charge >= 0.3 is 12.0 Å². The van der Waals surface area contributed by atoms with Crippen LogP contribution in [0.3, 0.4) is 0 Å². The highest BCUT2D eigenvalue weighted by atomic mass is 16.4. The minimum Gasteiger partial charge on any atom is -0.480 e. The molecule has 3 rings (SSSR count). The Morgan fingerprint density at radius 3 is 2.22 bits per heavy atom. The molecule has 0 aromatic heterocycles. The molecule has 8 heteroatoms. The van der Waals surface area contributed by atoms with Crippen LogP contribution in [0.1, 0.15) is 38.5 Å². The fourth-order valence-corrected chi connectivity index (χ4v) is 4.09. The maximum Gasteiger partial charge on any atom is 0.319 e. The number of nitrogens with one attached hydrogen (secondary N) is 1. The van der Waals surface area contributed by atoms with Crippen LogP contribution in [-0.2, 0) is 9.59 Å². The molecule has 3 aliphatic rings. The monoisotopic (exact) mass is 380 g/mol. The Hall–Kier alpha value is -1.83. The number of carboxylic acids is 1. The van der Waals surface area contributed by atoms with Gasteiger partial charge in [-0.15, -0.1) is 0 Å². The Balaban J connectivity index is 1.38. The fourth-order valence-electron chi connectivity index (χ4n) is 4.09. The number of amides is 3. The Kier molecular flexibility index (Phi) is 6.24. The Bertz CT molecular complexity index is 564. The number of carbonyl (C=O) groups excluding carboxylic acids is 2. The maximum atomic E-state index is 12.5. The Morgan fingerprint density at radius 2 is 1.70 bits per heavy atom. The molecule has 0 aromatic rings. The summed E-state index contributed by atoms with van der Waals surface area (Å²) in [5.41, 5.74) is 0. The topological polar surface area (TPSA) is 93.2 Å². The van der Waals surface area contributed by atoms with Gasteiger partial charge in [-0.3, -0.25) is 14.5 Å². The molecular weight excluding hydrogens is 348 g/mol. The zero-order valence-electron chi connectivity index (χ0n) is 16.4. The summed E-state index contributed by atoms with van der Waals surface area (Å²) in [4.78, 5) is 41.0. The molecule has 0 bridgehead atoms. The second-order valence-electron chi connectivity index (χ2n) is 8.54. The zero-order valence-corrected chi connectivity index (χ0v) is 16.4. The van der Waals surface area contributed by atoms with Gasteiger partial charge in [0.2, 0.25) is 5.91 Å². The number of piperidine rings is 1. The van der Waals surface area contributed by atoms with E-state index in [2.05, 4.69) is 10.2 Å². The van der Waals surface area contributed by atoms with E-state index in [1.165, 1.54) is 12.8 Å². The first-order valence-corrected chi connectivity index (χ1v) is 10.1. The lowest BCUT2D eigenvalue weighted by atomic mass is 9.84. The maximum absolute atomic E-state index is 12.5. The average Bonchev–Trinajstić information content (AvgIpc) is 3.40. The van der Waals surface area contributed by atoms with Gasteiger partial charge in [0.05, 0.1) is 6.54 Å². The highest BCUT2D eigenvalue weighted by Crippen LogP contribution is 2.34. The van der Waals surface area contributed by atoms with E-state index >= 15 is 0 Å². The molecular formula is C19H32N4O4. The van der Waals surface area contributed by atoms with Crippen LogP contribution in [-0.4, -0.2) is 90.1 Å². The molecule has 152 valence electrons. The smallest absolute Gasteiger partial charge is 0.319 e. The lowest BCUT2D eigenvalue weighted by molar-refractivity contribution is -0.140. The van der Waals surface area contributed by atoms with Crippen LogP contribution in [0.25, 0.3) is 0 Å². The molecule has 1 saturated heterocycles. The third-order valence-corrected chi connectivity index (χ3v) is 6.02. The van der Waals surface area contributed by atoms with Gasteiger partial charge in [-0.2, -0.15) is 0 Å². The van der Waals surface area contributed by atoms with Crippen molar-refractivity contribution in [1.82, 2.24) is 20.0 Å². The molecule has 3 amide bonds. The quantitative estimate of drug-likeness (QED) is 0.682. The summed E-state index contributed by atoms with van der Waals surface area (Å²) in [6.07, 6.45) is 5.49. The SMILES string of the molecule is CN(C)C(=O)N1CCC(C(=O)NC2CC(N(CC(=O)O)CC3CC3)C2)CC1. The average molecular weight is 380 g/mol. The van der Waals surface area contributed by atoms with Gasteiger partial charge in [0.25, 0.3) is 0 Å². The summed E-state index contributed by atoms with van der Waals surface area (Å²) >= 11 is 0. The minimum absolute atomic E-state index is 0.00452. The number of urea groups is 1. The van der Waals surface area contributed by atoms with Crippen molar-refractivity contribution in [2.24, 2.45) is 11.8 Å². The number of rotatable bonds is 7. The van der Waals surface area contributed by atoms with Gasteiger partial charge in [-0.05, 0) is 44.4 Å². The summed E-state index contributed by atoms with van der Waals surface area (Å²) in [7, 11) is 3.48. The van der Waals surface area contributed by atoms with Gasteiger partial charge in [0, 0.05) is 51.7 Å². The third kappa shape index (κ3) is 5.34. The van der Waals surface area contributed by atoms with Crippen molar-refractivity contribution in [2.45, 2.75) is 50.6 Å². The van der Waals surface area contributed by atoms with E-state index in [-0.39, 0.29) is 36.5 Å². The number of hydrogen-bond acceptors (Lipinski definition) is 4. The van der Waals surface area contributed by atoms with Crippen LogP contribution in [0.5, 0.6) is 0 Å². The Morgan fingerprint density at radius 1 is 1.07 bits per heavy atom. The van der Waals surface area contributed by atoms with E-state index in [1.54, 1.807) is 23.9 Å². The number of hydrogen-bond donors (Lipinski definition) is 2. The molecule has 1 heterocycles. The Labute approximate surface area is 160 Å². The highest BCUT2D eigenvalue weighted by molar-refractivity contribution is 5.80. The largest absolute Gasteiger partial charge is 0.480 e. The first-order chi connectivity index (χ1) is 12.8. The van der Waals surface area contributed by atoms with Crippen molar-refractivity contribution in [2.75, 3.05) is 40.3 Å². The first kappa shape index (κ1) is 19.9. The van der Waals surface area contributed by atoms with Crippen molar-refractivity contribution in [3.8, 4) is 0 Å². The number of carbonyl (C=O) groups is 3. The van der Waals surface area contributed by atoms with Crippen molar-refractivity contribution < 1.29 is 19.5 Å². The van der Waals surface area contributed by atoms with Gasteiger partial charge < -0.3 is 20.2 Å². The third-order valence-electron chi connectivity index (χ3n) is 6.02. The van der Waals surface area contributed by atoms with E-state index in [0.29, 0.717) is 31.8 Å². The van der Waals surface area contributed by atoms with Gasteiger partial charge in [0.15, 0.2) is 0 Å². The molecule has 3 fully saturated rings. The summed E-state index contributed by atoms with van der Waals surface area (Å²) in [6.45, 7) is 2.21. The van der Waals surface area contributed by atoms with E-state index in [0.717, 1.165) is 19.4 Å². The van der Waals surface area contributed by atoms with Crippen molar-refractivity contribution in [3.05, 3.63) is 0 Å². The fraction of sp³-hybridized carbons (Fsp3) is 0.842. The number of likely N-dealkylation sites (tertiary alicyclic amines) is 1. The predicted octanol–water partition coefficient (Wildman–Crippen LogP) is 0.824. The summed E-state index contributed by atoms with van der Waals surface area (Å²) in [5.74, 6) is -0.0607. The second kappa shape index (κ2) is 8.46. The molecule has 2 aliphatic carbocycles. The molecule has 0 spiro atoms. The molecule has 2 N–H and O–H groups in total. The second-order valence-corrected chi connectivity index (χ2v) is 8.54. The van der Waals surface area contributed by atoms with Crippen molar-refractivity contribution in [3.63, 3.8) is 0 Å². The van der Waals surface area contributed by atoms with Gasteiger partial charge in [-0.25, -0.2) is 4.79 Å². The normalized spacial score (nSPS) is 25.8. The number of carboxylic acid groups (broad SMARTS) is 1. The number of aliphatic carboxylic acids is 1. The lowest BCUT2D eigenvalue weighted by Gasteiger charge is -2.43. The molecule has 2 saturated carbocycles.